The van der Waals surface area contributed by atoms with Crippen molar-refractivity contribution in [2.24, 2.45) is 0 Å². The van der Waals surface area contributed by atoms with Crippen LogP contribution in [0.2, 0.25) is 0 Å². The molecule has 1 N–H and O–H groups in total. The van der Waals surface area contributed by atoms with Crippen LogP contribution >= 0.6 is 0 Å². The molecule has 0 unspecified atom stereocenters. The summed E-state index contributed by atoms with van der Waals surface area (Å²) in [5.74, 6) is 0.0379. The predicted octanol–water partition coefficient (Wildman–Crippen LogP) is 3.44. The molecule has 1 amide bonds. The van der Waals surface area contributed by atoms with E-state index in [-0.39, 0.29) is 5.56 Å². The van der Waals surface area contributed by atoms with E-state index in [4.69, 9.17) is 4.52 Å². The Bertz CT molecular complexity index is 752. The quantitative estimate of drug-likeness (QED) is 0.815. The van der Waals surface area contributed by atoms with Crippen LogP contribution in [0.1, 0.15) is 40.2 Å². The van der Waals surface area contributed by atoms with Gasteiger partial charge in [0.25, 0.3) is 5.91 Å². The van der Waals surface area contributed by atoms with Crippen LogP contribution in [0.5, 0.6) is 0 Å². The summed E-state index contributed by atoms with van der Waals surface area (Å²) in [6, 6.07) is 9.04. The number of aryl methyl sites for hydroxylation is 1. The van der Waals surface area contributed by atoms with Gasteiger partial charge in [0, 0.05) is 30.8 Å². The third kappa shape index (κ3) is 5.32. The highest BCUT2D eigenvalue weighted by Crippen LogP contribution is 2.29. The van der Waals surface area contributed by atoms with Crippen molar-refractivity contribution in [3.05, 3.63) is 52.9 Å². The molecule has 1 aliphatic carbocycles. The van der Waals surface area contributed by atoms with E-state index in [1.807, 2.05) is 18.3 Å². The Morgan fingerprint density at radius 3 is 2.50 bits per heavy atom. The molecule has 0 spiro atoms. The fourth-order valence-electron chi connectivity index (χ4n) is 2.73. The number of nitrogens with zero attached hydrogens (tertiary/aromatic N) is 2. The summed E-state index contributed by atoms with van der Waals surface area (Å²) in [4.78, 5) is 14.0. The second-order valence-electron chi connectivity index (χ2n) is 6.56. The second-order valence-corrected chi connectivity index (χ2v) is 6.56. The van der Waals surface area contributed by atoms with Gasteiger partial charge >= 0.3 is 6.18 Å². The van der Waals surface area contributed by atoms with E-state index in [9.17, 15) is 18.0 Å². The third-order valence-corrected chi connectivity index (χ3v) is 4.16. The van der Waals surface area contributed by atoms with Gasteiger partial charge in [-0.2, -0.15) is 13.2 Å². The molecular formula is C18H20F3N3O2. The van der Waals surface area contributed by atoms with E-state index in [1.165, 1.54) is 0 Å². The normalized spacial score (nSPS) is 14.7. The number of rotatable bonds is 7. The molecule has 26 heavy (non-hydrogen) atoms. The van der Waals surface area contributed by atoms with Crippen molar-refractivity contribution in [3.63, 3.8) is 0 Å². The first-order valence-electron chi connectivity index (χ1n) is 8.40. The maximum absolute atomic E-state index is 12.2. The van der Waals surface area contributed by atoms with Gasteiger partial charge in [-0.15, -0.1) is 0 Å². The minimum Gasteiger partial charge on any atom is -0.361 e. The first-order chi connectivity index (χ1) is 12.3. The summed E-state index contributed by atoms with van der Waals surface area (Å²) in [5.41, 5.74) is 2.07. The van der Waals surface area contributed by atoms with Crippen LogP contribution in [0, 0.1) is 6.92 Å². The first kappa shape index (κ1) is 18.4. The van der Waals surface area contributed by atoms with Crippen LogP contribution in [-0.2, 0) is 13.1 Å². The van der Waals surface area contributed by atoms with E-state index in [0.29, 0.717) is 19.1 Å². The Kier molecular flexibility index (Phi) is 5.31. The molecule has 0 saturated heterocycles. The molecule has 5 nitrogen and oxygen atoms in total. The van der Waals surface area contributed by atoms with E-state index in [2.05, 4.69) is 10.1 Å². The molecule has 0 bridgehead atoms. The second kappa shape index (κ2) is 7.49. The molecule has 8 heteroatoms. The summed E-state index contributed by atoms with van der Waals surface area (Å²) < 4.78 is 41.6. The van der Waals surface area contributed by atoms with Crippen molar-refractivity contribution in [1.82, 2.24) is 15.4 Å². The fourth-order valence-corrected chi connectivity index (χ4v) is 2.73. The average molecular weight is 367 g/mol. The molecule has 1 aromatic carbocycles. The van der Waals surface area contributed by atoms with E-state index in [0.717, 1.165) is 29.9 Å². The molecule has 3 rings (SSSR count). The minimum atomic E-state index is -4.42. The number of carbonyl (C=O) groups is 1. The van der Waals surface area contributed by atoms with Gasteiger partial charge in [-0.05, 0) is 37.5 Å². The standard InChI is InChI=1S/C18H20F3N3O2/c1-12-8-15(23-26-12)10-24(16-6-7-16)9-13-2-4-14(5-3-13)17(25)22-11-18(19,20)21/h2-5,8,16H,6-7,9-11H2,1H3,(H,22,25). The third-order valence-electron chi connectivity index (χ3n) is 4.16. The molecular weight excluding hydrogens is 347 g/mol. The number of benzene rings is 1. The van der Waals surface area contributed by atoms with E-state index < -0.39 is 18.6 Å². The van der Waals surface area contributed by atoms with Crippen LogP contribution in [0.3, 0.4) is 0 Å². The Labute approximate surface area is 149 Å². The SMILES string of the molecule is Cc1cc(CN(Cc2ccc(C(=O)NCC(F)(F)F)cc2)C2CC2)no1. The zero-order valence-corrected chi connectivity index (χ0v) is 14.3. The van der Waals surface area contributed by atoms with Crippen LogP contribution in [-0.4, -0.2) is 34.7 Å². The highest BCUT2D eigenvalue weighted by atomic mass is 19.4. The molecule has 1 aliphatic rings. The molecule has 1 fully saturated rings. The average Bonchev–Trinajstić information content (AvgIpc) is 3.35. The summed E-state index contributed by atoms with van der Waals surface area (Å²) >= 11 is 0. The monoisotopic (exact) mass is 367 g/mol. The van der Waals surface area contributed by atoms with Crippen molar-refractivity contribution >= 4 is 5.91 Å². The number of aromatic nitrogens is 1. The van der Waals surface area contributed by atoms with Crippen molar-refractivity contribution < 1.29 is 22.5 Å². The van der Waals surface area contributed by atoms with Gasteiger partial charge < -0.3 is 9.84 Å². The fraction of sp³-hybridized carbons (Fsp3) is 0.444. The highest BCUT2D eigenvalue weighted by molar-refractivity contribution is 5.94. The molecule has 0 aliphatic heterocycles. The van der Waals surface area contributed by atoms with Crippen LogP contribution in [0.15, 0.2) is 34.9 Å². The maximum atomic E-state index is 12.2. The Balaban J connectivity index is 1.59. The lowest BCUT2D eigenvalue weighted by atomic mass is 10.1. The maximum Gasteiger partial charge on any atom is 0.405 e. The van der Waals surface area contributed by atoms with Gasteiger partial charge in [0.2, 0.25) is 0 Å². The number of hydrogen-bond donors (Lipinski definition) is 1. The smallest absolute Gasteiger partial charge is 0.361 e. The Morgan fingerprint density at radius 2 is 1.96 bits per heavy atom. The van der Waals surface area contributed by atoms with Crippen molar-refractivity contribution in [2.75, 3.05) is 6.54 Å². The largest absolute Gasteiger partial charge is 0.405 e. The van der Waals surface area contributed by atoms with Gasteiger partial charge in [-0.25, -0.2) is 0 Å². The summed E-state index contributed by atoms with van der Waals surface area (Å²) in [5, 5.41) is 5.89. The van der Waals surface area contributed by atoms with Gasteiger partial charge in [0.05, 0.1) is 5.69 Å². The Morgan fingerprint density at radius 1 is 1.27 bits per heavy atom. The summed E-state index contributed by atoms with van der Waals surface area (Å²) in [7, 11) is 0. The minimum absolute atomic E-state index is 0.211. The lowest BCUT2D eigenvalue weighted by Crippen LogP contribution is -2.33. The van der Waals surface area contributed by atoms with Crippen molar-refractivity contribution in [2.45, 2.75) is 45.1 Å². The van der Waals surface area contributed by atoms with Gasteiger partial charge in [-0.3, -0.25) is 9.69 Å². The number of halogens is 3. The highest BCUT2D eigenvalue weighted by Gasteiger charge is 2.30. The first-order valence-corrected chi connectivity index (χ1v) is 8.40. The summed E-state index contributed by atoms with van der Waals surface area (Å²) in [6.45, 7) is 1.87. The zero-order chi connectivity index (χ0) is 18.7. The number of nitrogens with one attached hydrogen (secondary N) is 1. The molecule has 1 saturated carbocycles. The van der Waals surface area contributed by atoms with Crippen molar-refractivity contribution in [3.8, 4) is 0 Å². The number of alkyl halides is 3. The van der Waals surface area contributed by atoms with E-state index >= 15 is 0 Å². The van der Waals surface area contributed by atoms with Gasteiger partial charge in [-0.1, -0.05) is 17.3 Å². The topological polar surface area (TPSA) is 58.4 Å². The summed E-state index contributed by atoms with van der Waals surface area (Å²) in [6.07, 6.45) is -2.15. The number of carbonyl (C=O) groups excluding carboxylic acids is 1. The molecule has 1 aromatic heterocycles. The lowest BCUT2D eigenvalue weighted by molar-refractivity contribution is -0.123. The zero-order valence-electron chi connectivity index (χ0n) is 14.3. The van der Waals surface area contributed by atoms with Crippen LogP contribution in [0.4, 0.5) is 13.2 Å². The van der Waals surface area contributed by atoms with Crippen LogP contribution in [0.25, 0.3) is 0 Å². The predicted molar refractivity (Wildman–Crippen MR) is 88.3 cm³/mol. The van der Waals surface area contributed by atoms with E-state index in [1.54, 1.807) is 24.3 Å². The van der Waals surface area contributed by atoms with Crippen molar-refractivity contribution in [1.29, 1.82) is 0 Å². The van der Waals surface area contributed by atoms with Gasteiger partial charge in [0.15, 0.2) is 0 Å². The lowest BCUT2D eigenvalue weighted by Gasteiger charge is -2.20. The molecule has 1 heterocycles. The van der Waals surface area contributed by atoms with Crippen LogP contribution < -0.4 is 5.32 Å². The number of amides is 1. The molecule has 2 aromatic rings. The Hall–Kier alpha value is -2.35. The van der Waals surface area contributed by atoms with Gasteiger partial charge in [0.1, 0.15) is 12.3 Å². The molecule has 140 valence electrons. The molecule has 0 radical (unpaired) electrons. The number of hydrogen-bond acceptors (Lipinski definition) is 4. The molecule has 0 atom stereocenters.